The molecule has 0 spiro atoms. The first-order valence-electron chi connectivity index (χ1n) is 3.16. The van der Waals surface area contributed by atoms with E-state index in [1.165, 1.54) is 0 Å². The van der Waals surface area contributed by atoms with Crippen LogP contribution in [0.15, 0.2) is 12.2 Å². The van der Waals surface area contributed by atoms with E-state index in [9.17, 15) is 4.79 Å². The molecule has 2 unspecified atom stereocenters. The molecule has 1 rings (SSSR count). The van der Waals surface area contributed by atoms with Gasteiger partial charge >= 0.3 is 5.97 Å². The summed E-state index contributed by atoms with van der Waals surface area (Å²) >= 11 is 0. The fraction of sp³-hybridized carbons (Fsp3) is 0.571. The predicted octanol–water partition coefficient (Wildman–Crippen LogP) is 0.850. The van der Waals surface area contributed by atoms with E-state index in [1.807, 2.05) is 0 Å². The summed E-state index contributed by atoms with van der Waals surface area (Å²) in [6.07, 6.45) is -0.649. The van der Waals surface area contributed by atoms with Crippen molar-refractivity contribution < 1.29 is 14.3 Å². The second-order valence-corrected chi connectivity index (χ2v) is 2.28. The summed E-state index contributed by atoms with van der Waals surface area (Å²) in [4.78, 5) is 10.8. The third-order valence-corrected chi connectivity index (χ3v) is 1.42. The number of rotatable bonds is 0. The van der Waals surface area contributed by atoms with Crippen molar-refractivity contribution in [2.45, 2.75) is 26.2 Å². The smallest absolute Gasteiger partial charge is 0.338 e. The van der Waals surface area contributed by atoms with Crippen LogP contribution in [0.2, 0.25) is 0 Å². The topological polar surface area (TPSA) is 35.5 Å². The van der Waals surface area contributed by atoms with Crippen LogP contribution in [0.4, 0.5) is 0 Å². The molecule has 3 nitrogen and oxygen atoms in total. The van der Waals surface area contributed by atoms with Gasteiger partial charge in [0.2, 0.25) is 6.29 Å². The van der Waals surface area contributed by atoms with E-state index in [4.69, 9.17) is 9.47 Å². The molecular formula is C7H10O3. The predicted molar refractivity (Wildman–Crippen MR) is 35.2 cm³/mol. The molecule has 1 aliphatic heterocycles. The quantitative estimate of drug-likeness (QED) is 0.371. The van der Waals surface area contributed by atoms with Crippen LogP contribution >= 0.6 is 0 Å². The first kappa shape index (κ1) is 7.28. The van der Waals surface area contributed by atoms with Gasteiger partial charge in [-0.3, -0.25) is 0 Å². The molecule has 0 N–H and O–H groups in total. The van der Waals surface area contributed by atoms with Gasteiger partial charge in [0.05, 0.1) is 11.7 Å². The van der Waals surface area contributed by atoms with Crippen molar-refractivity contribution in [2.24, 2.45) is 0 Å². The summed E-state index contributed by atoms with van der Waals surface area (Å²) in [7, 11) is 0. The van der Waals surface area contributed by atoms with Crippen molar-refractivity contribution in [3.63, 3.8) is 0 Å². The molecule has 2 atom stereocenters. The van der Waals surface area contributed by atoms with Crippen LogP contribution in [0.1, 0.15) is 13.8 Å². The van der Waals surface area contributed by atoms with E-state index in [0.29, 0.717) is 5.57 Å². The van der Waals surface area contributed by atoms with Crippen LogP contribution in [0.25, 0.3) is 0 Å². The average molecular weight is 142 g/mol. The Morgan fingerprint density at radius 3 is 2.60 bits per heavy atom. The van der Waals surface area contributed by atoms with Gasteiger partial charge < -0.3 is 9.47 Å². The Hall–Kier alpha value is -0.830. The highest BCUT2D eigenvalue weighted by Crippen LogP contribution is 2.16. The third kappa shape index (κ3) is 1.19. The lowest BCUT2D eigenvalue weighted by Crippen LogP contribution is -2.33. The zero-order valence-corrected chi connectivity index (χ0v) is 6.09. The van der Waals surface area contributed by atoms with Crippen molar-refractivity contribution in [2.75, 3.05) is 0 Å². The van der Waals surface area contributed by atoms with Crippen molar-refractivity contribution in [3.05, 3.63) is 12.2 Å². The number of ether oxygens (including phenoxy) is 2. The lowest BCUT2D eigenvalue weighted by atomic mass is 10.2. The van der Waals surface area contributed by atoms with E-state index >= 15 is 0 Å². The van der Waals surface area contributed by atoms with Gasteiger partial charge in [0.15, 0.2) is 0 Å². The van der Waals surface area contributed by atoms with Crippen LogP contribution in [0.5, 0.6) is 0 Å². The van der Waals surface area contributed by atoms with Gasteiger partial charge in [0.1, 0.15) is 0 Å². The Morgan fingerprint density at radius 1 is 1.50 bits per heavy atom. The van der Waals surface area contributed by atoms with Crippen LogP contribution in [-0.2, 0) is 14.3 Å². The standard InChI is InChI=1S/C7H10O3/c1-4-5(2)9-6(3)10-7(4)8/h5-6H,1H2,2-3H3. The second kappa shape index (κ2) is 2.42. The Bertz CT molecular complexity index is 174. The first-order valence-corrected chi connectivity index (χ1v) is 3.16. The van der Waals surface area contributed by atoms with Crippen LogP contribution < -0.4 is 0 Å². The summed E-state index contributed by atoms with van der Waals surface area (Å²) in [6, 6.07) is 0. The molecule has 0 aromatic rings. The number of cyclic esters (lactones) is 1. The number of carbonyl (C=O) groups is 1. The van der Waals surface area contributed by atoms with Crippen molar-refractivity contribution in [3.8, 4) is 0 Å². The first-order chi connectivity index (χ1) is 4.61. The molecule has 10 heavy (non-hydrogen) atoms. The van der Waals surface area contributed by atoms with E-state index in [-0.39, 0.29) is 12.1 Å². The molecule has 0 amide bonds. The Kier molecular flexibility index (Phi) is 1.76. The Morgan fingerprint density at radius 2 is 2.10 bits per heavy atom. The lowest BCUT2D eigenvalue weighted by molar-refractivity contribution is -0.192. The molecule has 0 saturated carbocycles. The fourth-order valence-corrected chi connectivity index (χ4v) is 0.790. The maximum Gasteiger partial charge on any atom is 0.338 e. The van der Waals surface area contributed by atoms with Gasteiger partial charge in [-0.2, -0.15) is 0 Å². The Balaban J connectivity index is 2.66. The van der Waals surface area contributed by atoms with Gasteiger partial charge in [-0.25, -0.2) is 4.79 Å². The highest BCUT2D eigenvalue weighted by atomic mass is 16.7. The third-order valence-electron chi connectivity index (χ3n) is 1.42. The number of hydrogen-bond acceptors (Lipinski definition) is 3. The van der Waals surface area contributed by atoms with E-state index in [0.717, 1.165) is 0 Å². The minimum atomic E-state index is -0.437. The van der Waals surface area contributed by atoms with Gasteiger partial charge in [-0.15, -0.1) is 0 Å². The van der Waals surface area contributed by atoms with Gasteiger partial charge in [0, 0.05) is 0 Å². The molecular weight excluding hydrogens is 132 g/mol. The fourth-order valence-electron chi connectivity index (χ4n) is 0.790. The minimum absolute atomic E-state index is 0.212. The van der Waals surface area contributed by atoms with E-state index in [1.54, 1.807) is 13.8 Å². The molecule has 0 aromatic heterocycles. The molecule has 0 bridgehead atoms. The van der Waals surface area contributed by atoms with Crippen molar-refractivity contribution in [1.82, 2.24) is 0 Å². The molecule has 0 aromatic carbocycles. The summed E-state index contributed by atoms with van der Waals surface area (Å²) in [6.45, 7) is 6.97. The maximum absolute atomic E-state index is 10.8. The molecule has 3 heteroatoms. The van der Waals surface area contributed by atoms with Gasteiger partial charge in [-0.05, 0) is 13.8 Å². The summed E-state index contributed by atoms with van der Waals surface area (Å²) in [5, 5.41) is 0. The number of hydrogen-bond donors (Lipinski definition) is 0. The highest BCUT2D eigenvalue weighted by molar-refractivity contribution is 5.89. The molecule has 1 saturated heterocycles. The van der Waals surface area contributed by atoms with Crippen LogP contribution in [0, 0.1) is 0 Å². The lowest BCUT2D eigenvalue weighted by Gasteiger charge is -2.26. The van der Waals surface area contributed by atoms with Crippen LogP contribution in [0.3, 0.4) is 0 Å². The zero-order chi connectivity index (χ0) is 7.72. The van der Waals surface area contributed by atoms with Gasteiger partial charge in [-0.1, -0.05) is 6.58 Å². The largest absolute Gasteiger partial charge is 0.433 e. The normalized spacial score (nSPS) is 33.8. The SMILES string of the molecule is C=C1C(=O)OC(C)OC1C. The maximum atomic E-state index is 10.8. The summed E-state index contributed by atoms with van der Waals surface area (Å²) in [5.41, 5.74) is 0.387. The summed E-state index contributed by atoms with van der Waals surface area (Å²) < 4.78 is 9.83. The molecule has 1 heterocycles. The molecule has 0 aliphatic carbocycles. The zero-order valence-electron chi connectivity index (χ0n) is 6.09. The summed E-state index contributed by atoms with van der Waals surface area (Å²) in [5.74, 6) is -0.355. The number of carbonyl (C=O) groups excluding carboxylic acids is 1. The van der Waals surface area contributed by atoms with Crippen LogP contribution in [-0.4, -0.2) is 18.4 Å². The second-order valence-electron chi connectivity index (χ2n) is 2.28. The average Bonchev–Trinajstić information content (AvgIpc) is 1.82. The highest BCUT2D eigenvalue weighted by Gasteiger charge is 2.26. The van der Waals surface area contributed by atoms with E-state index < -0.39 is 6.29 Å². The molecule has 1 aliphatic rings. The molecule has 0 radical (unpaired) electrons. The van der Waals surface area contributed by atoms with E-state index in [2.05, 4.69) is 6.58 Å². The van der Waals surface area contributed by atoms with Crippen molar-refractivity contribution >= 4 is 5.97 Å². The molecule has 56 valence electrons. The Labute approximate surface area is 59.6 Å². The minimum Gasteiger partial charge on any atom is -0.433 e. The van der Waals surface area contributed by atoms with Crippen molar-refractivity contribution in [1.29, 1.82) is 0 Å². The molecule has 1 fully saturated rings. The number of esters is 1. The van der Waals surface area contributed by atoms with Gasteiger partial charge in [0.25, 0.3) is 0 Å². The monoisotopic (exact) mass is 142 g/mol.